The van der Waals surface area contributed by atoms with Crippen LogP contribution in [0.2, 0.25) is 0 Å². The van der Waals surface area contributed by atoms with Gasteiger partial charge in [0, 0.05) is 17.5 Å². The van der Waals surface area contributed by atoms with E-state index < -0.39 is 0 Å². The lowest BCUT2D eigenvalue weighted by molar-refractivity contribution is -0.118. The van der Waals surface area contributed by atoms with Crippen LogP contribution >= 0.6 is 11.3 Å². The molecule has 0 saturated heterocycles. The number of tetrazole rings is 1. The first-order valence-corrected chi connectivity index (χ1v) is 6.95. The van der Waals surface area contributed by atoms with Crippen LogP contribution in [0.4, 0.5) is 5.95 Å². The Balaban J connectivity index is 1.63. The van der Waals surface area contributed by atoms with Crippen LogP contribution in [-0.4, -0.2) is 44.5 Å². The Morgan fingerprint density at radius 1 is 1.68 bits per heavy atom. The molecule has 0 spiro atoms. The van der Waals surface area contributed by atoms with Crippen molar-refractivity contribution < 1.29 is 4.79 Å². The molecular weight excluding hydrogens is 264 g/mol. The molecule has 1 amide bonds. The molecule has 2 aromatic heterocycles. The van der Waals surface area contributed by atoms with Crippen molar-refractivity contribution in [2.45, 2.75) is 19.4 Å². The lowest BCUT2D eigenvalue weighted by Crippen LogP contribution is -2.39. The molecule has 1 aliphatic rings. The molecule has 3 heterocycles. The Bertz CT molecular complexity index is 566. The number of hydrogen-bond acceptors (Lipinski definition) is 6. The molecule has 100 valence electrons. The van der Waals surface area contributed by atoms with Crippen LogP contribution < -0.4 is 5.32 Å². The van der Waals surface area contributed by atoms with Gasteiger partial charge in [0.05, 0.1) is 6.54 Å². The zero-order valence-electron chi connectivity index (χ0n) is 10.5. The van der Waals surface area contributed by atoms with Crippen molar-refractivity contribution in [1.29, 1.82) is 0 Å². The number of aromatic nitrogens is 4. The molecule has 0 bridgehead atoms. The third-order valence-corrected chi connectivity index (χ3v) is 4.34. The number of rotatable bonds is 3. The number of fused-ring (bicyclic) bond motifs is 1. The summed E-state index contributed by atoms with van der Waals surface area (Å²) in [4.78, 5) is 15.5. The number of H-pyrrole nitrogens is 1. The van der Waals surface area contributed by atoms with Gasteiger partial charge in [0.15, 0.2) is 0 Å². The topological polar surface area (TPSA) is 86.8 Å². The maximum Gasteiger partial charge on any atom is 0.269 e. The summed E-state index contributed by atoms with van der Waals surface area (Å²) < 4.78 is 0. The van der Waals surface area contributed by atoms with E-state index in [9.17, 15) is 4.79 Å². The van der Waals surface area contributed by atoms with Crippen LogP contribution in [-0.2, 0) is 11.2 Å². The second-order valence-corrected chi connectivity index (χ2v) is 5.48. The average molecular weight is 278 g/mol. The highest BCUT2D eigenvalue weighted by molar-refractivity contribution is 7.10. The third kappa shape index (κ3) is 2.49. The number of amides is 1. The van der Waals surface area contributed by atoms with Crippen molar-refractivity contribution in [3.05, 3.63) is 21.9 Å². The Morgan fingerprint density at radius 2 is 2.58 bits per heavy atom. The van der Waals surface area contributed by atoms with E-state index in [1.807, 2.05) is 0 Å². The van der Waals surface area contributed by atoms with Crippen molar-refractivity contribution >= 4 is 23.2 Å². The number of carbonyl (C=O) groups excluding carboxylic acids is 1. The first-order valence-electron chi connectivity index (χ1n) is 6.07. The molecule has 8 heteroatoms. The summed E-state index contributed by atoms with van der Waals surface area (Å²) >= 11 is 1.79. The average Bonchev–Trinajstić information content (AvgIpc) is 3.03. The summed E-state index contributed by atoms with van der Waals surface area (Å²) in [6, 6.07) is 2.42. The Labute approximate surface area is 114 Å². The molecule has 19 heavy (non-hydrogen) atoms. The van der Waals surface area contributed by atoms with Crippen LogP contribution in [0.5, 0.6) is 0 Å². The molecule has 7 nitrogen and oxygen atoms in total. The molecule has 1 atom stereocenters. The molecule has 0 radical (unpaired) electrons. The zero-order valence-corrected chi connectivity index (χ0v) is 11.3. The fraction of sp³-hybridized carbons (Fsp3) is 0.455. The van der Waals surface area contributed by atoms with E-state index in [-0.39, 0.29) is 17.9 Å². The standard InChI is InChI=1S/C11H14N6OS/c1-7-8-3-5-19-9(8)2-4-17(7)6-10(18)12-11-13-15-16-14-11/h3,5,7H,2,4,6H2,1H3,(H2,12,13,14,15,16,18). The van der Waals surface area contributed by atoms with Crippen LogP contribution in [0, 0.1) is 0 Å². The van der Waals surface area contributed by atoms with Gasteiger partial charge in [0.2, 0.25) is 5.91 Å². The van der Waals surface area contributed by atoms with Crippen LogP contribution in [0.3, 0.4) is 0 Å². The summed E-state index contributed by atoms with van der Waals surface area (Å²) in [5.41, 5.74) is 1.34. The molecule has 0 aliphatic carbocycles. The maximum atomic E-state index is 11.9. The van der Waals surface area contributed by atoms with Crippen molar-refractivity contribution in [1.82, 2.24) is 25.5 Å². The van der Waals surface area contributed by atoms with Gasteiger partial charge in [-0.2, -0.15) is 5.21 Å². The number of thiophene rings is 1. The molecule has 0 fully saturated rings. The summed E-state index contributed by atoms with van der Waals surface area (Å²) in [6.07, 6.45) is 1.01. The second-order valence-electron chi connectivity index (χ2n) is 4.48. The largest absolute Gasteiger partial charge is 0.291 e. The van der Waals surface area contributed by atoms with Gasteiger partial charge in [-0.1, -0.05) is 5.10 Å². The van der Waals surface area contributed by atoms with Gasteiger partial charge in [-0.25, -0.2) is 0 Å². The Kier molecular flexibility index (Phi) is 3.26. The summed E-state index contributed by atoms with van der Waals surface area (Å²) in [7, 11) is 0. The van der Waals surface area contributed by atoms with Crippen LogP contribution in [0.25, 0.3) is 0 Å². The summed E-state index contributed by atoms with van der Waals surface area (Å²) in [5.74, 6) is 0.0952. The third-order valence-electron chi connectivity index (χ3n) is 3.35. The monoisotopic (exact) mass is 278 g/mol. The molecule has 2 N–H and O–H groups in total. The van der Waals surface area contributed by atoms with Crippen LogP contribution in [0.15, 0.2) is 11.4 Å². The van der Waals surface area contributed by atoms with E-state index in [2.05, 4.69) is 49.2 Å². The predicted molar refractivity (Wildman–Crippen MR) is 70.8 cm³/mol. The van der Waals surface area contributed by atoms with E-state index in [0.717, 1.165) is 13.0 Å². The molecule has 0 aromatic carbocycles. The van der Waals surface area contributed by atoms with E-state index >= 15 is 0 Å². The minimum absolute atomic E-state index is 0.119. The fourth-order valence-electron chi connectivity index (χ4n) is 2.34. The summed E-state index contributed by atoms with van der Waals surface area (Å²) in [5, 5.41) is 17.8. The zero-order chi connectivity index (χ0) is 13.2. The molecule has 0 saturated carbocycles. The second kappa shape index (κ2) is 5.06. The quantitative estimate of drug-likeness (QED) is 0.868. The van der Waals surface area contributed by atoms with Crippen molar-refractivity contribution in [2.75, 3.05) is 18.4 Å². The highest BCUT2D eigenvalue weighted by atomic mass is 32.1. The number of nitrogens with zero attached hydrogens (tertiary/aromatic N) is 4. The van der Waals surface area contributed by atoms with E-state index in [0.29, 0.717) is 6.54 Å². The highest BCUT2D eigenvalue weighted by Gasteiger charge is 2.26. The SMILES string of the molecule is CC1c2ccsc2CCN1CC(=O)Nc1nn[nH]n1. The van der Waals surface area contributed by atoms with Crippen molar-refractivity contribution in [3.8, 4) is 0 Å². The Hall–Kier alpha value is -1.80. The van der Waals surface area contributed by atoms with Gasteiger partial charge < -0.3 is 0 Å². The first kappa shape index (κ1) is 12.2. The minimum atomic E-state index is -0.119. The normalized spacial score (nSPS) is 19.1. The lowest BCUT2D eigenvalue weighted by atomic mass is 10.0. The molecule has 1 aliphatic heterocycles. The van der Waals surface area contributed by atoms with E-state index in [1.165, 1.54) is 10.4 Å². The minimum Gasteiger partial charge on any atom is -0.291 e. The van der Waals surface area contributed by atoms with Gasteiger partial charge in [-0.15, -0.1) is 16.4 Å². The van der Waals surface area contributed by atoms with Gasteiger partial charge in [0.1, 0.15) is 0 Å². The summed E-state index contributed by atoms with van der Waals surface area (Å²) in [6.45, 7) is 3.37. The number of hydrogen-bond donors (Lipinski definition) is 2. The van der Waals surface area contributed by atoms with Gasteiger partial charge >= 0.3 is 0 Å². The van der Waals surface area contributed by atoms with Crippen molar-refractivity contribution in [3.63, 3.8) is 0 Å². The molecule has 1 unspecified atom stereocenters. The van der Waals surface area contributed by atoms with Gasteiger partial charge in [0.25, 0.3) is 5.95 Å². The number of carbonyl (C=O) groups is 1. The first-order chi connectivity index (χ1) is 9.24. The van der Waals surface area contributed by atoms with E-state index in [1.54, 1.807) is 11.3 Å². The van der Waals surface area contributed by atoms with Crippen LogP contribution in [0.1, 0.15) is 23.4 Å². The molecular formula is C11H14N6OS. The van der Waals surface area contributed by atoms with Crippen molar-refractivity contribution in [2.24, 2.45) is 0 Å². The Morgan fingerprint density at radius 3 is 3.37 bits per heavy atom. The predicted octanol–water partition coefficient (Wildman–Crippen LogP) is 0.819. The number of aromatic amines is 1. The highest BCUT2D eigenvalue weighted by Crippen LogP contribution is 2.32. The maximum absolute atomic E-state index is 11.9. The molecule has 2 aromatic rings. The number of anilines is 1. The lowest BCUT2D eigenvalue weighted by Gasteiger charge is -2.32. The van der Waals surface area contributed by atoms with Gasteiger partial charge in [-0.3, -0.25) is 15.0 Å². The van der Waals surface area contributed by atoms with E-state index in [4.69, 9.17) is 0 Å². The van der Waals surface area contributed by atoms with Gasteiger partial charge in [-0.05, 0) is 35.6 Å². The fourth-order valence-corrected chi connectivity index (χ4v) is 3.30. The smallest absolute Gasteiger partial charge is 0.269 e. The molecule has 3 rings (SSSR count). The number of nitrogens with one attached hydrogen (secondary N) is 2.